The molecule has 9 nitrogen and oxygen atoms in total. The summed E-state index contributed by atoms with van der Waals surface area (Å²) in [6.07, 6.45) is 1.74. The fourth-order valence-corrected chi connectivity index (χ4v) is 2.74. The van der Waals surface area contributed by atoms with Crippen LogP contribution in [0, 0.1) is 6.92 Å². The molecule has 1 aliphatic rings. The van der Waals surface area contributed by atoms with Crippen LogP contribution in [0.25, 0.3) is 0 Å². The summed E-state index contributed by atoms with van der Waals surface area (Å²) >= 11 is 0. The maximum Gasteiger partial charge on any atom is 0.251 e. The first-order chi connectivity index (χ1) is 14.2. The zero-order chi connectivity index (χ0) is 20.1. The van der Waals surface area contributed by atoms with Gasteiger partial charge in [-0.15, -0.1) is 10.2 Å². The molecule has 1 amide bonds. The Balaban J connectivity index is 1.23. The predicted molar refractivity (Wildman–Crippen MR) is 108 cm³/mol. The van der Waals surface area contributed by atoms with Crippen molar-refractivity contribution in [3.63, 3.8) is 0 Å². The molecule has 0 radical (unpaired) electrons. The predicted octanol–water partition coefficient (Wildman–Crippen LogP) is 2.49. The highest BCUT2D eigenvalue weighted by molar-refractivity contribution is 5.94. The Hall–Kier alpha value is -3.88. The van der Waals surface area contributed by atoms with E-state index in [-0.39, 0.29) is 12.7 Å². The van der Waals surface area contributed by atoms with E-state index in [0.29, 0.717) is 47.6 Å². The van der Waals surface area contributed by atoms with Crippen LogP contribution in [0.3, 0.4) is 0 Å². The number of hydrogen-bond acceptors (Lipinski definition) is 8. The van der Waals surface area contributed by atoms with Crippen molar-refractivity contribution in [2.75, 3.05) is 30.5 Å². The number of fused-ring (bicyclic) bond motifs is 1. The lowest BCUT2D eigenvalue weighted by Crippen LogP contribution is -2.28. The molecule has 4 rings (SSSR count). The summed E-state index contributed by atoms with van der Waals surface area (Å²) in [6.45, 7) is 3.12. The fraction of sp³-hybridized carbons (Fsp3) is 0.200. The van der Waals surface area contributed by atoms with Crippen LogP contribution in [0.4, 0.5) is 17.5 Å². The van der Waals surface area contributed by atoms with Gasteiger partial charge in [-0.2, -0.15) is 0 Å². The van der Waals surface area contributed by atoms with Gasteiger partial charge in [0.15, 0.2) is 17.3 Å². The van der Waals surface area contributed by atoms with Crippen LogP contribution >= 0.6 is 0 Å². The van der Waals surface area contributed by atoms with Crippen LogP contribution in [0.2, 0.25) is 0 Å². The van der Waals surface area contributed by atoms with Gasteiger partial charge in [-0.05, 0) is 55.0 Å². The van der Waals surface area contributed by atoms with Gasteiger partial charge in [-0.1, -0.05) is 0 Å². The van der Waals surface area contributed by atoms with Gasteiger partial charge in [0, 0.05) is 24.8 Å². The second kappa shape index (κ2) is 8.42. The van der Waals surface area contributed by atoms with Gasteiger partial charge in [-0.25, -0.2) is 4.98 Å². The Kier molecular flexibility index (Phi) is 5.37. The molecule has 2 aromatic heterocycles. The highest BCUT2D eigenvalue weighted by Crippen LogP contribution is 2.32. The van der Waals surface area contributed by atoms with E-state index in [1.54, 1.807) is 24.4 Å². The molecule has 0 atom stereocenters. The van der Waals surface area contributed by atoms with Crippen LogP contribution in [0.5, 0.6) is 11.5 Å². The van der Waals surface area contributed by atoms with Gasteiger partial charge in [0.25, 0.3) is 5.91 Å². The third-order valence-corrected chi connectivity index (χ3v) is 4.19. The largest absolute Gasteiger partial charge is 0.454 e. The second-order valence-corrected chi connectivity index (χ2v) is 6.40. The normalized spacial score (nSPS) is 11.8. The van der Waals surface area contributed by atoms with E-state index >= 15 is 0 Å². The summed E-state index contributed by atoms with van der Waals surface area (Å²) in [5, 5.41) is 17.3. The molecule has 3 aromatic rings. The molecule has 1 aliphatic heterocycles. The molecule has 0 aliphatic carbocycles. The standard InChI is InChI=1S/C20H20N6O3/c1-13-6-7-21-19(10-13)24-18-5-4-17(25-26-18)22-8-9-23-20(27)14-2-3-15-16(11-14)29-12-28-15/h2-7,10-11H,8-9,12H2,1H3,(H,22,25)(H,23,27)(H,21,24,26). The maximum atomic E-state index is 12.2. The first kappa shape index (κ1) is 18.5. The lowest BCUT2D eigenvalue weighted by atomic mass is 10.2. The number of anilines is 3. The number of carbonyl (C=O) groups excluding carboxylic acids is 1. The Morgan fingerprint density at radius 1 is 0.966 bits per heavy atom. The van der Waals surface area contributed by atoms with Crippen LogP contribution in [0.1, 0.15) is 15.9 Å². The topological polar surface area (TPSA) is 110 Å². The van der Waals surface area contributed by atoms with E-state index in [9.17, 15) is 4.79 Å². The van der Waals surface area contributed by atoms with Crippen LogP contribution in [-0.2, 0) is 0 Å². The number of hydrogen-bond donors (Lipinski definition) is 3. The number of ether oxygens (including phenoxy) is 2. The maximum absolute atomic E-state index is 12.2. The molecular formula is C20H20N6O3. The molecule has 9 heteroatoms. The van der Waals surface area contributed by atoms with Gasteiger partial charge in [0.1, 0.15) is 11.6 Å². The molecule has 0 saturated carbocycles. The molecule has 0 fully saturated rings. The molecule has 0 unspecified atom stereocenters. The minimum Gasteiger partial charge on any atom is -0.454 e. The number of amides is 1. The zero-order valence-corrected chi connectivity index (χ0v) is 15.8. The van der Waals surface area contributed by atoms with E-state index < -0.39 is 0 Å². The number of aryl methyl sites for hydroxylation is 1. The third kappa shape index (κ3) is 4.70. The van der Waals surface area contributed by atoms with Crippen LogP contribution < -0.4 is 25.4 Å². The van der Waals surface area contributed by atoms with Crippen molar-refractivity contribution in [1.29, 1.82) is 0 Å². The highest BCUT2D eigenvalue weighted by Gasteiger charge is 2.15. The number of pyridine rings is 1. The molecule has 0 bridgehead atoms. The van der Waals surface area contributed by atoms with Gasteiger partial charge in [-0.3, -0.25) is 4.79 Å². The van der Waals surface area contributed by atoms with Crippen molar-refractivity contribution >= 4 is 23.4 Å². The number of nitrogens with one attached hydrogen (secondary N) is 3. The van der Waals surface area contributed by atoms with E-state index in [4.69, 9.17) is 9.47 Å². The first-order valence-corrected chi connectivity index (χ1v) is 9.12. The lowest BCUT2D eigenvalue weighted by molar-refractivity contribution is 0.0954. The Labute approximate surface area is 167 Å². The quantitative estimate of drug-likeness (QED) is 0.526. The van der Waals surface area contributed by atoms with Crippen molar-refractivity contribution in [3.05, 3.63) is 59.8 Å². The highest BCUT2D eigenvalue weighted by atomic mass is 16.7. The first-order valence-electron chi connectivity index (χ1n) is 9.12. The number of nitrogens with zero attached hydrogens (tertiary/aromatic N) is 3. The number of benzene rings is 1. The molecule has 3 N–H and O–H groups in total. The Morgan fingerprint density at radius 2 is 1.79 bits per heavy atom. The molecule has 0 spiro atoms. The van der Waals surface area contributed by atoms with Crippen molar-refractivity contribution in [2.24, 2.45) is 0 Å². The molecule has 29 heavy (non-hydrogen) atoms. The molecular weight excluding hydrogens is 372 g/mol. The molecule has 3 heterocycles. The summed E-state index contributed by atoms with van der Waals surface area (Å²) in [7, 11) is 0. The van der Waals surface area contributed by atoms with E-state index in [0.717, 1.165) is 5.56 Å². The van der Waals surface area contributed by atoms with Gasteiger partial charge in [0.2, 0.25) is 6.79 Å². The summed E-state index contributed by atoms with van der Waals surface area (Å²) < 4.78 is 10.5. The smallest absolute Gasteiger partial charge is 0.251 e. The second-order valence-electron chi connectivity index (χ2n) is 6.40. The van der Waals surface area contributed by atoms with Crippen molar-refractivity contribution in [1.82, 2.24) is 20.5 Å². The van der Waals surface area contributed by atoms with Crippen molar-refractivity contribution in [2.45, 2.75) is 6.92 Å². The lowest BCUT2D eigenvalue weighted by Gasteiger charge is -2.08. The zero-order valence-electron chi connectivity index (χ0n) is 15.8. The van der Waals surface area contributed by atoms with Crippen molar-refractivity contribution in [3.8, 4) is 11.5 Å². The third-order valence-electron chi connectivity index (χ3n) is 4.19. The van der Waals surface area contributed by atoms with Crippen LogP contribution in [0.15, 0.2) is 48.7 Å². The summed E-state index contributed by atoms with van der Waals surface area (Å²) in [6, 6.07) is 12.6. The van der Waals surface area contributed by atoms with E-state index in [2.05, 4.69) is 31.1 Å². The van der Waals surface area contributed by atoms with Crippen molar-refractivity contribution < 1.29 is 14.3 Å². The number of carbonyl (C=O) groups is 1. The molecule has 1 aromatic carbocycles. The SMILES string of the molecule is Cc1ccnc(Nc2ccc(NCCNC(=O)c3ccc4c(c3)OCO4)nn2)c1. The summed E-state index contributed by atoms with van der Waals surface area (Å²) in [4.78, 5) is 16.4. The van der Waals surface area contributed by atoms with E-state index in [1.807, 2.05) is 31.2 Å². The Morgan fingerprint density at radius 3 is 2.62 bits per heavy atom. The summed E-state index contributed by atoms with van der Waals surface area (Å²) in [5.41, 5.74) is 1.63. The summed E-state index contributed by atoms with van der Waals surface area (Å²) in [5.74, 6) is 2.99. The average molecular weight is 392 g/mol. The van der Waals surface area contributed by atoms with Gasteiger partial charge < -0.3 is 25.4 Å². The average Bonchev–Trinajstić information content (AvgIpc) is 3.20. The Bertz CT molecular complexity index is 1010. The van der Waals surface area contributed by atoms with Gasteiger partial charge >= 0.3 is 0 Å². The monoisotopic (exact) mass is 392 g/mol. The minimum absolute atomic E-state index is 0.179. The van der Waals surface area contributed by atoms with Crippen LogP contribution in [-0.4, -0.2) is 41.0 Å². The fourth-order valence-electron chi connectivity index (χ4n) is 2.74. The number of rotatable bonds is 7. The van der Waals surface area contributed by atoms with E-state index in [1.165, 1.54) is 0 Å². The number of aromatic nitrogens is 3. The molecule has 148 valence electrons. The molecule has 0 saturated heterocycles. The minimum atomic E-state index is -0.179. The van der Waals surface area contributed by atoms with Gasteiger partial charge in [0.05, 0.1) is 0 Å².